The Labute approximate surface area is 122 Å². The molecule has 0 aliphatic heterocycles. The zero-order valence-corrected chi connectivity index (χ0v) is 12.0. The number of aliphatic hydroxyl groups is 1. The fraction of sp³-hybridized carbons (Fsp3) is 0.533. The molecule has 1 aromatic rings. The molecule has 2 unspecified atom stereocenters. The minimum Gasteiger partial charge on any atom is -0.468 e. The Hall–Kier alpha value is -1.53. The first-order valence-corrected chi connectivity index (χ1v) is 6.85. The van der Waals surface area contributed by atoms with E-state index in [1.807, 2.05) is 0 Å². The van der Waals surface area contributed by atoms with E-state index in [1.54, 1.807) is 6.92 Å². The van der Waals surface area contributed by atoms with Gasteiger partial charge in [-0.25, -0.2) is 8.78 Å². The second kappa shape index (κ2) is 6.07. The average molecular weight is 299 g/mol. The molecule has 0 heterocycles. The number of benzene rings is 1. The molecule has 1 saturated carbocycles. The third-order valence-corrected chi connectivity index (χ3v) is 4.00. The number of β-amino-alcohol motifs (C(OH)–C–C–N with tert-alkyl or cyclic N) is 1. The number of rotatable bonds is 6. The molecule has 0 amide bonds. The number of nitrogens with one attached hydrogen (secondary N) is 1. The molecule has 2 N–H and O–H groups in total. The Balaban J connectivity index is 2.09. The number of aliphatic hydroxyl groups excluding tert-OH is 1. The van der Waals surface area contributed by atoms with Crippen molar-refractivity contribution in [3.05, 3.63) is 35.4 Å². The highest BCUT2D eigenvalue weighted by molar-refractivity contribution is 5.81. The Morgan fingerprint density at radius 2 is 2.05 bits per heavy atom. The van der Waals surface area contributed by atoms with Crippen molar-refractivity contribution in [3.8, 4) is 0 Å². The van der Waals surface area contributed by atoms with Crippen molar-refractivity contribution in [2.24, 2.45) is 5.92 Å². The van der Waals surface area contributed by atoms with Crippen LogP contribution in [-0.4, -0.2) is 30.3 Å². The van der Waals surface area contributed by atoms with Crippen molar-refractivity contribution in [1.29, 1.82) is 0 Å². The Morgan fingerprint density at radius 3 is 2.52 bits per heavy atom. The van der Waals surface area contributed by atoms with Crippen LogP contribution < -0.4 is 5.32 Å². The van der Waals surface area contributed by atoms with E-state index in [0.717, 1.165) is 25.0 Å². The Morgan fingerprint density at radius 1 is 1.48 bits per heavy atom. The van der Waals surface area contributed by atoms with Gasteiger partial charge >= 0.3 is 5.97 Å². The van der Waals surface area contributed by atoms with Gasteiger partial charge in [-0.1, -0.05) is 6.07 Å². The van der Waals surface area contributed by atoms with Gasteiger partial charge in [-0.2, -0.15) is 0 Å². The fourth-order valence-corrected chi connectivity index (χ4v) is 2.50. The molecule has 0 saturated heterocycles. The summed E-state index contributed by atoms with van der Waals surface area (Å²) >= 11 is 0. The molecule has 2 atom stereocenters. The molecule has 1 aliphatic rings. The van der Waals surface area contributed by atoms with Crippen LogP contribution in [0.2, 0.25) is 0 Å². The monoisotopic (exact) mass is 299 g/mol. The molecule has 116 valence electrons. The van der Waals surface area contributed by atoms with Crippen LogP contribution in [0, 0.1) is 17.6 Å². The van der Waals surface area contributed by atoms with E-state index in [4.69, 9.17) is 4.74 Å². The first kappa shape index (κ1) is 15.9. The molecule has 1 aromatic carbocycles. The highest BCUT2D eigenvalue weighted by Gasteiger charge is 2.48. The normalized spacial score (nSPS) is 18.9. The predicted octanol–water partition coefficient (Wildman–Crippen LogP) is 1.93. The van der Waals surface area contributed by atoms with Gasteiger partial charge in [-0.3, -0.25) is 10.1 Å². The number of carbonyl (C=O) groups excluding carboxylic acids is 1. The second-order valence-corrected chi connectivity index (χ2v) is 5.50. The topological polar surface area (TPSA) is 58.6 Å². The maximum Gasteiger partial charge on any atom is 0.326 e. The Kier molecular flexibility index (Phi) is 4.58. The quantitative estimate of drug-likeness (QED) is 0.788. The molecule has 6 heteroatoms. The average Bonchev–Trinajstić information content (AvgIpc) is 3.28. The number of ether oxygens (including phenoxy) is 1. The molecule has 1 aliphatic carbocycles. The van der Waals surface area contributed by atoms with E-state index in [0.29, 0.717) is 0 Å². The van der Waals surface area contributed by atoms with Crippen LogP contribution in [0.25, 0.3) is 0 Å². The van der Waals surface area contributed by atoms with Gasteiger partial charge in [0, 0.05) is 6.54 Å². The third-order valence-electron chi connectivity index (χ3n) is 4.00. The minimum absolute atomic E-state index is 0.114. The zero-order chi connectivity index (χ0) is 15.6. The van der Waals surface area contributed by atoms with Crippen LogP contribution in [0.4, 0.5) is 8.78 Å². The molecule has 0 radical (unpaired) electrons. The van der Waals surface area contributed by atoms with Gasteiger partial charge < -0.3 is 9.84 Å². The molecule has 0 spiro atoms. The zero-order valence-electron chi connectivity index (χ0n) is 12.0. The first-order chi connectivity index (χ1) is 9.90. The summed E-state index contributed by atoms with van der Waals surface area (Å²) in [7, 11) is 1.29. The number of carbonyl (C=O) groups is 1. The highest BCUT2D eigenvalue weighted by atomic mass is 19.1. The van der Waals surface area contributed by atoms with Crippen LogP contribution in [0.1, 0.15) is 31.4 Å². The number of hydrogen-bond acceptors (Lipinski definition) is 4. The second-order valence-electron chi connectivity index (χ2n) is 5.50. The van der Waals surface area contributed by atoms with E-state index in [9.17, 15) is 18.7 Å². The minimum atomic E-state index is -1.38. The van der Waals surface area contributed by atoms with Gasteiger partial charge in [0.05, 0.1) is 18.8 Å². The summed E-state index contributed by atoms with van der Waals surface area (Å²) in [5.74, 6) is -1.94. The lowest BCUT2D eigenvalue weighted by Crippen LogP contribution is -2.53. The maximum atomic E-state index is 13.6. The molecule has 1 fully saturated rings. The van der Waals surface area contributed by atoms with Gasteiger partial charge in [-0.15, -0.1) is 0 Å². The summed E-state index contributed by atoms with van der Waals surface area (Å²) < 4.78 is 32.0. The number of halogens is 2. The van der Waals surface area contributed by atoms with E-state index in [2.05, 4.69) is 5.32 Å². The first-order valence-electron chi connectivity index (χ1n) is 6.85. The van der Waals surface area contributed by atoms with E-state index < -0.39 is 34.8 Å². The van der Waals surface area contributed by atoms with Gasteiger partial charge in [-0.05, 0) is 37.8 Å². The summed E-state index contributed by atoms with van der Waals surface area (Å²) in [4.78, 5) is 11.9. The van der Waals surface area contributed by atoms with Crippen LogP contribution in [0.3, 0.4) is 0 Å². The van der Waals surface area contributed by atoms with Crippen LogP contribution in [0.15, 0.2) is 18.2 Å². The molecule has 21 heavy (non-hydrogen) atoms. The highest BCUT2D eigenvalue weighted by Crippen LogP contribution is 2.40. The van der Waals surface area contributed by atoms with E-state index in [-0.39, 0.29) is 12.5 Å². The fourth-order valence-electron chi connectivity index (χ4n) is 2.50. The van der Waals surface area contributed by atoms with Crippen molar-refractivity contribution in [2.75, 3.05) is 13.7 Å². The smallest absolute Gasteiger partial charge is 0.326 e. The number of hydrogen-bond donors (Lipinski definition) is 2. The molecule has 0 bridgehead atoms. The van der Waals surface area contributed by atoms with E-state index >= 15 is 0 Å². The molecule has 2 rings (SSSR count). The number of esters is 1. The van der Waals surface area contributed by atoms with Crippen molar-refractivity contribution < 1.29 is 23.4 Å². The van der Waals surface area contributed by atoms with Gasteiger partial charge in [0.1, 0.15) is 17.2 Å². The molecular weight excluding hydrogens is 280 g/mol. The molecule has 4 nitrogen and oxygen atoms in total. The molecule has 0 aromatic heterocycles. The van der Waals surface area contributed by atoms with Crippen LogP contribution >= 0.6 is 0 Å². The van der Waals surface area contributed by atoms with Gasteiger partial charge in [0.2, 0.25) is 0 Å². The largest absolute Gasteiger partial charge is 0.468 e. The lowest BCUT2D eigenvalue weighted by molar-refractivity contribution is -0.149. The summed E-state index contributed by atoms with van der Waals surface area (Å²) in [6.07, 6.45) is 0.375. The van der Waals surface area contributed by atoms with Gasteiger partial charge in [0.15, 0.2) is 0 Å². The van der Waals surface area contributed by atoms with Crippen LogP contribution in [-0.2, 0) is 9.53 Å². The molecular formula is C15H19F2NO3. The van der Waals surface area contributed by atoms with E-state index in [1.165, 1.54) is 13.2 Å². The SMILES string of the molecule is COC(=O)C(C)(NCC(O)c1c(F)cccc1F)C1CC1. The lowest BCUT2D eigenvalue weighted by Gasteiger charge is -2.29. The number of methoxy groups -OCH3 is 1. The standard InChI is InChI=1S/C15H19F2NO3/c1-15(9-6-7-9,14(20)21-2)18-8-12(19)13-10(16)4-3-5-11(13)17/h3-5,9,12,18-19H,6-8H2,1-2H3. The van der Waals surface area contributed by atoms with Crippen molar-refractivity contribution >= 4 is 5.97 Å². The Bertz CT molecular complexity index is 513. The summed E-state index contributed by atoms with van der Waals surface area (Å²) in [6.45, 7) is 1.54. The maximum absolute atomic E-state index is 13.6. The predicted molar refractivity (Wildman–Crippen MR) is 72.5 cm³/mol. The third kappa shape index (κ3) is 3.22. The van der Waals surface area contributed by atoms with Crippen molar-refractivity contribution in [2.45, 2.75) is 31.4 Å². The summed E-state index contributed by atoms with van der Waals surface area (Å²) in [5.41, 5.74) is -1.34. The summed E-state index contributed by atoms with van der Waals surface area (Å²) in [6, 6.07) is 3.40. The van der Waals surface area contributed by atoms with Crippen molar-refractivity contribution in [1.82, 2.24) is 5.32 Å². The lowest BCUT2D eigenvalue weighted by atomic mass is 9.95. The van der Waals surface area contributed by atoms with Crippen molar-refractivity contribution in [3.63, 3.8) is 0 Å². The van der Waals surface area contributed by atoms with Gasteiger partial charge in [0.25, 0.3) is 0 Å². The summed E-state index contributed by atoms with van der Waals surface area (Å²) in [5, 5.41) is 12.9. The van der Waals surface area contributed by atoms with Crippen LogP contribution in [0.5, 0.6) is 0 Å².